The largest absolute Gasteiger partial charge is 0.493 e. The molecule has 0 bridgehead atoms. The molecule has 0 amide bonds. The molecule has 0 atom stereocenters. The van der Waals surface area contributed by atoms with Gasteiger partial charge in [0.1, 0.15) is 0 Å². The molecule has 1 aromatic rings. The third-order valence-electron chi connectivity index (χ3n) is 2.73. The molecule has 4 radical (unpaired) electrons. The van der Waals surface area contributed by atoms with Crippen molar-refractivity contribution >= 4 is 27.5 Å². The van der Waals surface area contributed by atoms with E-state index in [0.717, 1.165) is 22.8 Å². The maximum atomic E-state index is 6.00. The predicted octanol–water partition coefficient (Wildman–Crippen LogP) is 1.57. The van der Waals surface area contributed by atoms with Crippen LogP contribution in [0.3, 0.4) is 0 Å². The van der Waals surface area contributed by atoms with Crippen LogP contribution in [-0.4, -0.2) is 48.1 Å². The van der Waals surface area contributed by atoms with Crippen molar-refractivity contribution < 1.29 is 9.47 Å². The summed E-state index contributed by atoms with van der Waals surface area (Å²) in [7, 11) is 15.3. The fourth-order valence-corrected chi connectivity index (χ4v) is 2.61. The van der Waals surface area contributed by atoms with Crippen LogP contribution >= 0.6 is 11.8 Å². The Morgan fingerprint density at radius 3 is 2.42 bits per heavy atom. The van der Waals surface area contributed by atoms with Gasteiger partial charge in [-0.15, -0.1) is 11.8 Å². The molecule has 1 rings (SSSR count). The summed E-state index contributed by atoms with van der Waals surface area (Å²) >= 11 is 1.60. The Morgan fingerprint density at radius 1 is 1.26 bits per heavy atom. The Kier molecular flexibility index (Phi) is 6.14. The highest BCUT2D eigenvalue weighted by atomic mass is 32.2. The monoisotopic (exact) mass is 275 g/mol. The van der Waals surface area contributed by atoms with Gasteiger partial charge in [0, 0.05) is 0 Å². The molecule has 100 valence electrons. The third-order valence-corrected chi connectivity index (χ3v) is 3.47. The third kappa shape index (κ3) is 4.39. The van der Waals surface area contributed by atoms with Gasteiger partial charge in [0.2, 0.25) is 0 Å². The van der Waals surface area contributed by atoms with Crippen LogP contribution in [0.4, 0.5) is 0 Å². The molecule has 1 aromatic carbocycles. The number of methoxy groups -OCH3 is 2. The summed E-state index contributed by atoms with van der Waals surface area (Å²) in [5, 5.41) is 2.12. The summed E-state index contributed by atoms with van der Waals surface area (Å²) in [5.74, 6) is 1.43. The van der Waals surface area contributed by atoms with Gasteiger partial charge in [0.05, 0.1) is 34.8 Å². The SMILES string of the molecule is [B]C([B])(Cc1cc(OC)c(OC)c(SC)c1)NCC. The number of thioether (sulfide) groups is 1. The second-order valence-electron chi connectivity index (χ2n) is 4.28. The van der Waals surface area contributed by atoms with Crippen LogP contribution < -0.4 is 14.8 Å². The van der Waals surface area contributed by atoms with Crippen molar-refractivity contribution in [1.29, 1.82) is 0 Å². The minimum absolute atomic E-state index is 0.509. The van der Waals surface area contributed by atoms with E-state index in [1.807, 2.05) is 25.3 Å². The minimum atomic E-state index is -0.927. The lowest BCUT2D eigenvalue weighted by atomic mass is 9.59. The van der Waals surface area contributed by atoms with Crippen molar-refractivity contribution in [3.63, 3.8) is 0 Å². The Balaban J connectivity index is 3.09. The molecule has 3 nitrogen and oxygen atoms in total. The van der Waals surface area contributed by atoms with Crippen molar-refractivity contribution in [1.82, 2.24) is 5.32 Å². The average molecular weight is 275 g/mol. The smallest absolute Gasteiger partial charge is 0.174 e. The molecule has 0 aliphatic carbocycles. The van der Waals surface area contributed by atoms with Crippen molar-refractivity contribution in [2.75, 3.05) is 27.0 Å². The van der Waals surface area contributed by atoms with E-state index in [9.17, 15) is 0 Å². The zero-order chi connectivity index (χ0) is 14.5. The molecule has 0 fully saturated rings. The Bertz CT molecular complexity index is 402. The van der Waals surface area contributed by atoms with E-state index >= 15 is 0 Å². The lowest BCUT2D eigenvalue weighted by Crippen LogP contribution is -2.48. The Labute approximate surface area is 122 Å². The maximum absolute atomic E-state index is 6.00. The second-order valence-corrected chi connectivity index (χ2v) is 5.13. The summed E-state index contributed by atoms with van der Waals surface area (Å²) < 4.78 is 10.7. The zero-order valence-electron chi connectivity index (χ0n) is 11.9. The van der Waals surface area contributed by atoms with Gasteiger partial charge in [0.15, 0.2) is 11.5 Å². The average Bonchev–Trinajstić information content (AvgIpc) is 2.36. The summed E-state index contributed by atoms with van der Waals surface area (Å²) in [6.07, 6.45) is 2.50. The van der Waals surface area contributed by atoms with Crippen LogP contribution in [0.5, 0.6) is 11.5 Å². The van der Waals surface area contributed by atoms with Crippen molar-refractivity contribution in [2.24, 2.45) is 0 Å². The molecule has 0 saturated heterocycles. The molecule has 1 N–H and O–H groups in total. The summed E-state index contributed by atoms with van der Waals surface area (Å²) in [4.78, 5) is 1.00. The second kappa shape index (κ2) is 7.15. The molecule has 0 spiro atoms. The molecule has 0 aliphatic rings. The number of benzene rings is 1. The summed E-state index contributed by atoms with van der Waals surface area (Å²) in [6, 6.07) is 3.93. The predicted molar refractivity (Wildman–Crippen MR) is 82.9 cm³/mol. The van der Waals surface area contributed by atoms with Gasteiger partial charge in [-0.3, -0.25) is 0 Å². The van der Waals surface area contributed by atoms with Crippen LogP contribution in [0, 0.1) is 0 Å². The fraction of sp³-hybridized carbons (Fsp3) is 0.538. The number of hydrogen-bond acceptors (Lipinski definition) is 4. The molecule has 0 aliphatic heterocycles. The summed E-state index contributed by atoms with van der Waals surface area (Å²) in [5.41, 5.74) is 1.01. The Morgan fingerprint density at radius 2 is 1.95 bits per heavy atom. The van der Waals surface area contributed by atoms with Gasteiger partial charge < -0.3 is 14.8 Å². The molecule has 6 heteroatoms. The van der Waals surface area contributed by atoms with Gasteiger partial charge in [-0.2, -0.15) is 0 Å². The van der Waals surface area contributed by atoms with E-state index in [2.05, 4.69) is 5.32 Å². The first-order valence-corrected chi connectivity index (χ1v) is 7.31. The molecule has 0 unspecified atom stereocenters. The first kappa shape index (κ1) is 16.3. The topological polar surface area (TPSA) is 30.5 Å². The van der Waals surface area contributed by atoms with Crippen LogP contribution in [-0.2, 0) is 6.42 Å². The highest BCUT2D eigenvalue weighted by Crippen LogP contribution is 2.38. The molecule has 19 heavy (non-hydrogen) atoms. The quantitative estimate of drug-likeness (QED) is 0.604. The number of hydrogen-bond donors (Lipinski definition) is 1. The normalized spacial score (nSPS) is 11.4. The number of likely N-dealkylation sites (N-methyl/N-ethyl adjacent to an activating group) is 1. The van der Waals surface area contributed by atoms with Gasteiger partial charge in [-0.1, -0.05) is 12.3 Å². The zero-order valence-corrected chi connectivity index (χ0v) is 12.8. The number of nitrogens with one attached hydrogen (secondary N) is 1. The van der Waals surface area contributed by atoms with Crippen molar-refractivity contribution in [3.05, 3.63) is 17.7 Å². The van der Waals surface area contributed by atoms with Gasteiger partial charge in [-0.05, 0) is 36.9 Å². The molecular weight excluding hydrogens is 256 g/mol. The minimum Gasteiger partial charge on any atom is -0.493 e. The van der Waals surface area contributed by atoms with E-state index in [4.69, 9.17) is 25.2 Å². The molecule has 0 heterocycles. The highest BCUT2D eigenvalue weighted by molar-refractivity contribution is 7.98. The van der Waals surface area contributed by atoms with Crippen molar-refractivity contribution in [2.45, 2.75) is 23.6 Å². The van der Waals surface area contributed by atoms with Crippen LogP contribution in [0.2, 0.25) is 0 Å². The molecule has 0 saturated carbocycles. The fourth-order valence-electron chi connectivity index (χ4n) is 1.97. The first-order valence-electron chi connectivity index (χ1n) is 6.09. The molecular formula is C13H19B2NO2S. The van der Waals surface area contributed by atoms with E-state index < -0.39 is 5.34 Å². The lowest BCUT2D eigenvalue weighted by molar-refractivity contribution is 0.347. The number of ether oxygens (including phenoxy) is 2. The van der Waals surface area contributed by atoms with Crippen molar-refractivity contribution in [3.8, 4) is 11.5 Å². The lowest BCUT2D eigenvalue weighted by Gasteiger charge is -2.27. The summed E-state index contributed by atoms with van der Waals surface area (Å²) in [6.45, 7) is 2.69. The van der Waals surface area contributed by atoms with Gasteiger partial charge in [-0.25, -0.2) is 0 Å². The van der Waals surface area contributed by atoms with E-state index in [1.54, 1.807) is 26.0 Å². The van der Waals surface area contributed by atoms with E-state index in [-0.39, 0.29) is 0 Å². The molecule has 0 aromatic heterocycles. The standard InChI is InChI=1S/C13H19B2NO2S/c1-5-16-13(14,15)8-9-6-10(17-2)12(18-3)11(7-9)19-4/h6-7,16H,5,8H2,1-4H3. The van der Waals surface area contributed by atoms with Crippen LogP contribution in [0.25, 0.3) is 0 Å². The first-order chi connectivity index (χ1) is 8.97. The van der Waals surface area contributed by atoms with Gasteiger partial charge in [0.25, 0.3) is 0 Å². The Hall–Kier alpha value is -0.740. The van der Waals surface area contributed by atoms with Gasteiger partial charge >= 0.3 is 0 Å². The highest BCUT2D eigenvalue weighted by Gasteiger charge is 2.19. The van der Waals surface area contributed by atoms with E-state index in [1.165, 1.54) is 0 Å². The van der Waals surface area contributed by atoms with E-state index in [0.29, 0.717) is 12.2 Å². The van der Waals surface area contributed by atoms with Crippen LogP contribution in [0.15, 0.2) is 17.0 Å². The van der Waals surface area contributed by atoms with Crippen LogP contribution in [0.1, 0.15) is 12.5 Å². The maximum Gasteiger partial charge on any atom is 0.174 e. The number of rotatable bonds is 7.